The van der Waals surface area contributed by atoms with E-state index in [1.165, 1.54) is 10.6 Å². The highest BCUT2D eigenvalue weighted by atomic mass is 19.1. The second-order valence-corrected chi connectivity index (χ2v) is 7.43. The van der Waals surface area contributed by atoms with E-state index in [0.717, 1.165) is 43.7 Å². The summed E-state index contributed by atoms with van der Waals surface area (Å²) in [5.41, 5.74) is 3.40. The zero-order chi connectivity index (χ0) is 20.5. The summed E-state index contributed by atoms with van der Waals surface area (Å²) in [4.78, 5) is 30.1. The van der Waals surface area contributed by atoms with Crippen molar-refractivity contribution >= 4 is 17.2 Å². The number of halogens is 1. The molecule has 5 heterocycles. The van der Waals surface area contributed by atoms with E-state index in [2.05, 4.69) is 29.9 Å². The molecule has 30 heavy (non-hydrogen) atoms. The molecular formula is C21H20FN7O. The number of aromatic nitrogens is 6. The highest BCUT2D eigenvalue weighted by molar-refractivity contribution is 5.98. The van der Waals surface area contributed by atoms with Gasteiger partial charge in [0.25, 0.3) is 0 Å². The van der Waals surface area contributed by atoms with Crippen molar-refractivity contribution in [2.75, 3.05) is 11.4 Å². The molecule has 8 nitrogen and oxygen atoms in total. The third kappa shape index (κ3) is 3.66. The second-order valence-electron chi connectivity index (χ2n) is 7.43. The van der Waals surface area contributed by atoms with E-state index in [1.54, 1.807) is 43.2 Å². The fourth-order valence-corrected chi connectivity index (χ4v) is 3.49. The van der Waals surface area contributed by atoms with Crippen LogP contribution in [-0.4, -0.2) is 41.9 Å². The Balaban J connectivity index is 0.000000161. The maximum absolute atomic E-state index is 12.8. The fraction of sp³-hybridized carbons (Fsp3) is 0.286. The van der Waals surface area contributed by atoms with Crippen LogP contribution < -0.4 is 4.90 Å². The lowest BCUT2D eigenvalue weighted by atomic mass is 10.1. The molecule has 0 spiro atoms. The van der Waals surface area contributed by atoms with E-state index < -0.39 is 0 Å². The number of Topliss-reactive ketones (excluding diaryl/α,β-unsaturated/α-hetero) is 1. The lowest BCUT2D eigenvalue weighted by molar-refractivity contribution is 0.0967. The standard InChI is InChI=1S/C14H15N5O.C7H5FN2/c20-13(9-1-2-9)10-5-15-14(16-6-10)19-4-3-11-12(7-19)18-8-17-11;8-6-2-1-5-10-7(6)3-4-9-10/h5-6,8-9H,1-4,7H2,(H,17,18);1-5H. The lowest BCUT2D eigenvalue weighted by Gasteiger charge is -2.26. The summed E-state index contributed by atoms with van der Waals surface area (Å²) in [6.45, 7) is 1.60. The number of hydrogen-bond donors (Lipinski definition) is 1. The molecule has 2 aliphatic rings. The summed E-state index contributed by atoms with van der Waals surface area (Å²) >= 11 is 0. The van der Waals surface area contributed by atoms with Crippen LogP contribution in [0.25, 0.3) is 5.52 Å². The molecule has 152 valence electrons. The maximum atomic E-state index is 12.8. The van der Waals surface area contributed by atoms with Crippen LogP contribution >= 0.6 is 0 Å². The van der Waals surface area contributed by atoms with E-state index in [9.17, 15) is 9.18 Å². The van der Waals surface area contributed by atoms with Gasteiger partial charge in [-0.05, 0) is 31.0 Å². The van der Waals surface area contributed by atoms with E-state index in [-0.39, 0.29) is 17.5 Å². The zero-order valence-electron chi connectivity index (χ0n) is 16.2. The molecule has 1 N–H and O–H groups in total. The van der Waals surface area contributed by atoms with Gasteiger partial charge >= 0.3 is 0 Å². The van der Waals surface area contributed by atoms with Gasteiger partial charge < -0.3 is 9.88 Å². The monoisotopic (exact) mass is 405 g/mol. The summed E-state index contributed by atoms with van der Waals surface area (Å²) in [5, 5.41) is 3.86. The predicted molar refractivity (Wildman–Crippen MR) is 108 cm³/mol. The van der Waals surface area contributed by atoms with E-state index >= 15 is 0 Å². The summed E-state index contributed by atoms with van der Waals surface area (Å²) in [5.74, 6) is 0.843. The molecular weight excluding hydrogens is 385 g/mol. The highest BCUT2D eigenvalue weighted by Gasteiger charge is 2.31. The van der Waals surface area contributed by atoms with Gasteiger partial charge in [-0.3, -0.25) is 4.79 Å². The van der Waals surface area contributed by atoms with Gasteiger partial charge in [0.1, 0.15) is 11.3 Å². The number of nitrogens with zero attached hydrogens (tertiary/aromatic N) is 6. The van der Waals surface area contributed by atoms with Gasteiger partial charge in [-0.15, -0.1) is 0 Å². The number of aromatic amines is 1. The van der Waals surface area contributed by atoms with Crippen molar-refractivity contribution in [3.8, 4) is 0 Å². The number of nitrogens with one attached hydrogen (secondary N) is 1. The largest absolute Gasteiger partial charge is 0.347 e. The van der Waals surface area contributed by atoms with Gasteiger partial charge in [0.05, 0.1) is 36.0 Å². The van der Waals surface area contributed by atoms with Crippen LogP contribution in [0.2, 0.25) is 0 Å². The molecule has 1 saturated carbocycles. The van der Waals surface area contributed by atoms with Crippen LogP contribution in [0.5, 0.6) is 0 Å². The van der Waals surface area contributed by atoms with Crippen LogP contribution in [0.1, 0.15) is 34.6 Å². The van der Waals surface area contributed by atoms with Gasteiger partial charge in [-0.2, -0.15) is 5.10 Å². The lowest BCUT2D eigenvalue weighted by Crippen LogP contribution is -2.31. The Hall–Kier alpha value is -3.62. The van der Waals surface area contributed by atoms with Gasteiger partial charge in [0.2, 0.25) is 5.95 Å². The van der Waals surface area contributed by atoms with Gasteiger partial charge in [0.15, 0.2) is 5.78 Å². The van der Waals surface area contributed by atoms with Crippen molar-refractivity contribution in [1.29, 1.82) is 0 Å². The molecule has 1 fully saturated rings. The number of pyridine rings is 1. The fourth-order valence-electron chi connectivity index (χ4n) is 3.49. The van der Waals surface area contributed by atoms with Crippen molar-refractivity contribution in [1.82, 2.24) is 29.5 Å². The first-order valence-corrected chi connectivity index (χ1v) is 9.89. The molecule has 0 aromatic carbocycles. The minimum absolute atomic E-state index is 0.186. The molecule has 0 radical (unpaired) electrons. The Labute approximate surface area is 171 Å². The molecule has 0 saturated heterocycles. The second kappa shape index (κ2) is 7.66. The molecule has 0 bridgehead atoms. The van der Waals surface area contributed by atoms with E-state index in [0.29, 0.717) is 17.0 Å². The SMILES string of the molecule is Fc1cccn2nccc12.O=C(c1cnc(N2CCc3nc[nH]c3C2)nc1)C1CC1. The Morgan fingerprint density at radius 1 is 1.17 bits per heavy atom. The Morgan fingerprint density at radius 2 is 2.00 bits per heavy atom. The number of rotatable bonds is 3. The zero-order valence-corrected chi connectivity index (χ0v) is 16.2. The number of fused-ring (bicyclic) bond motifs is 2. The average Bonchev–Trinajstić information content (AvgIpc) is 3.32. The highest BCUT2D eigenvalue weighted by Crippen LogP contribution is 2.32. The first kappa shape index (κ1) is 18.4. The van der Waals surface area contributed by atoms with Crippen LogP contribution in [0, 0.1) is 11.7 Å². The molecule has 1 aliphatic heterocycles. The van der Waals surface area contributed by atoms with Crippen molar-refractivity contribution in [3.05, 3.63) is 72.1 Å². The molecule has 4 aromatic heterocycles. The van der Waals surface area contributed by atoms with Crippen molar-refractivity contribution in [2.45, 2.75) is 25.8 Å². The number of anilines is 1. The smallest absolute Gasteiger partial charge is 0.225 e. The number of hydrogen-bond acceptors (Lipinski definition) is 6. The van der Waals surface area contributed by atoms with Crippen LogP contribution in [0.15, 0.2) is 49.3 Å². The normalized spacial score (nSPS) is 15.4. The molecule has 0 unspecified atom stereocenters. The number of carbonyl (C=O) groups is 1. The summed E-state index contributed by atoms with van der Waals surface area (Å²) in [6, 6.07) is 4.67. The number of H-pyrrole nitrogens is 1. The Kier molecular flexibility index (Phi) is 4.70. The maximum Gasteiger partial charge on any atom is 0.225 e. The minimum Gasteiger partial charge on any atom is -0.347 e. The first-order valence-electron chi connectivity index (χ1n) is 9.89. The topological polar surface area (TPSA) is 92.1 Å². The predicted octanol–water partition coefficient (Wildman–Crippen LogP) is 2.83. The summed E-state index contributed by atoms with van der Waals surface area (Å²) in [7, 11) is 0. The molecule has 0 amide bonds. The van der Waals surface area contributed by atoms with Gasteiger partial charge in [0, 0.05) is 37.5 Å². The van der Waals surface area contributed by atoms with Crippen LogP contribution in [-0.2, 0) is 13.0 Å². The molecule has 9 heteroatoms. The van der Waals surface area contributed by atoms with Crippen LogP contribution in [0.3, 0.4) is 0 Å². The third-order valence-electron chi connectivity index (χ3n) is 5.31. The van der Waals surface area contributed by atoms with Crippen molar-refractivity contribution in [2.24, 2.45) is 5.92 Å². The van der Waals surface area contributed by atoms with Gasteiger partial charge in [-0.25, -0.2) is 23.9 Å². The average molecular weight is 405 g/mol. The number of imidazole rings is 1. The molecule has 0 atom stereocenters. The minimum atomic E-state index is -0.236. The van der Waals surface area contributed by atoms with Gasteiger partial charge in [-0.1, -0.05) is 0 Å². The van der Waals surface area contributed by atoms with Crippen molar-refractivity contribution < 1.29 is 9.18 Å². The summed E-state index contributed by atoms with van der Waals surface area (Å²) in [6.07, 6.45) is 11.2. The summed E-state index contributed by atoms with van der Waals surface area (Å²) < 4.78 is 14.3. The Bertz CT molecular complexity index is 1180. The quantitative estimate of drug-likeness (QED) is 0.527. The van der Waals surface area contributed by atoms with Crippen LogP contribution in [0.4, 0.5) is 10.3 Å². The molecule has 6 rings (SSSR count). The van der Waals surface area contributed by atoms with E-state index in [4.69, 9.17) is 0 Å². The van der Waals surface area contributed by atoms with Crippen molar-refractivity contribution in [3.63, 3.8) is 0 Å². The molecule has 4 aromatic rings. The number of carbonyl (C=O) groups excluding carboxylic acids is 1. The first-order chi connectivity index (χ1) is 14.7. The third-order valence-corrected chi connectivity index (χ3v) is 5.31. The number of ketones is 1. The molecule has 1 aliphatic carbocycles. The van der Waals surface area contributed by atoms with E-state index in [1.807, 2.05) is 0 Å². The Morgan fingerprint density at radius 3 is 2.77 bits per heavy atom.